The fourth-order valence-corrected chi connectivity index (χ4v) is 3.48. The van der Waals surface area contributed by atoms with Crippen molar-refractivity contribution in [2.75, 3.05) is 33.9 Å². The van der Waals surface area contributed by atoms with Gasteiger partial charge in [0.05, 0.1) is 19.3 Å². The number of thiophene rings is 1. The molecule has 0 aliphatic rings. The highest BCUT2D eigenvalue weighted by atomic mass is 32.1. The maximum atomic E-state index is 12.6. The third-order valence-corrected chi connectivity index (χ3v) is 4.89. The van der Waals surface area contributed by atoms with Crippen LogP contribution in [0.25, 0.3) is 0 Å². The fraction of sp³-hybridized carbons (Fsp3) is 0.450. The Bertz CT molecular complexity index is 686. The Hall–Kier alpha value is -2.05. The van der Waals surface area contributed by atoms with Crippen LogP contribution in [0.3, 0.4) is 0 Å². The lowest BCUT2D eigenvalue weighted by molar-refractivity contribution is 0.0941. The number of hydrogen-bond donors (Lipinski definition) is 1. The molecule has 0 aliphatic carbocycles. The molecule has 1 atom stereocenters. The number of nitrogens with one attached hydrogen (secondary N) is 1. The minimum atomic E-state index is -0.114. The molecule has 1 heterocycles. The first kappa shape index (κ1) is 20.3. The van der Waals surface area contributed by atoms with Gasteiger partial charge < -0.3 is 19.7 Å². The molecule has 1 unspecified atom stereocenters. The number of carbonyl (C=O) groups is 1. The molecule has 1 aromatic heterocycles. The number of amides is 1. The van der Waals surface area contributed by atoms with Crippen LogP contribution >= 0.6 is 11.3 Å². The SMILES string of the molecule is CCCOc1ccc(C(=O)NCC(c2cccs2)N(C)C)cc1OCC. The van der Waals surface area contributed by atoms with Crippen molar-refractivity contribution in [2.24, 2.45) is 0 Å². The maximum Gasteiger partial charge on any atom is 0.251 e. The second kappa shape index (κ2) is 10.2. The van der Waals surface area contributed by atoms with E-state index in [1.165, 1.54) is 4.88 Å². The van der Waals surface area contributed by atoms with Gasteiger partial charge in [-0.25, -0.2) is 0 Å². The lowest BCUT2D eigenvalue weighted by atomic mass is 10.1. The number of likely N-dealkylation sites (N-methyl/N-ethyl adjacent to an activating group) is 1. The van der Waals surface area contributed by atoms with Crippen molar-refractivity contribution in [1.29, 1.82) is 0 Å². The van der Waals surface area contributed by atoms with E-state index in [1.54, 1.807) is 29.5 Å². The predicted molar refractivity (Wildman–Crippen MR) is 106 cm³/mol. The van der Waals surface area contributed by atoms with Crippen LogP contribution in [-0.4, -0.2) is 44.7 Å². The van der Waals surface area contributed by atoms with Crippen LogP contribution < -0.4 is 14.8 Å². The van der Waals surface area contributed by atoms with E-state index in [4.69, 9.17) is 9.47 Å². The zero-order valence-electron chi connectivity index (χ0n) is 16.0. The van der Waals surface area contributed by atoms with Crippen molar-refractivity contribution in [3.63, 3.8) is 0 Å². The summed E-state index contributed by atoms with van der Waals surface area (Å²) in [5, 5.41) is 5.08. The Labute approximate surface area is 159 Å². The molecule has 0 spiro atoms. The molecule has 0 saturated heterocycles. The minimum absolute atomic E-state index is 0.114. The van der Waals surface area contributed by atoms with Crippen LogP contribution in [0.1, 0.15) is 41.5 Å². The molecule has 1 N–H and O–H groups in total. The van der Waals surface area contributed by atoms with Crippen LogP contribution in [0.4, 0.5) is 0 Å². The van der Waals surface area contributed by atoms with Crippen molar-refractivity contribution in [3.05, 3.63) is 46.2 Å². The highest BCUT2D eigenvalue weighted by molar-refractivity contribution is 7.10. The van der Waals surface area contributed by atoms with E-state index in [1.807, 2.05) is 27.1 Å². The summed E-state index contributed by atoms with van der Waals surface area (Å²) >= 11 is 1.70. The van der Waals surface area contributed by atoms with Gasteiger partial charge in [0.25, 0.3) is 5.91 Å². The Kier molecular flexibility index (Phi) is 7.94. The van der Waals surface area contributed by atoms with E-state index in [9.17, 15) is 4.79 Å². The van der Waals surface area contributed by atoms with Crippen LogP contribution in [0, 0.1) is 0 Å². The maximum absolute atomic E-state index is 12.6. The number of hydrogen-bond acceptors (Lipinski definition) is 5. The molecule has 0 radical (unpaired) electrons. The van der Waals surface area contributed by atoms with E-state index < -0.39 is 0 Å². The summed E-state index contributed by atoms with van der Waals surface area (Å²) in [6.45, 7) is 5.66. The fourth-order valence-electron chi connectivity index (χ4n) is 2.56. The molecular weight excluding hydrogens is 348 g/mol. The topological polar surface area (TPSA) is 50.8 Å². The Morgan fingerprint density at radius 1 is 1.19 bits per heavy atom. The summed E-state index contributed by atoms with van der Waals surface area (Å²) in [4.78, 5) is 15.9. The van der Waals surface area contributed by atoms with Crippen LogP contribution in [-0.2, 0) is 0 Å². The first-order chi connectivity index (χ1) is 12.6. The van der Waals surface area contributed by atoms with Gasteiger partial charge in [0.2, 0.25) is 0 Å². The summed E-state index contributed by atoms with van der Waals surface area (Å²) in [7, 11) is 4.03. The standard InChI is InChI=1S/C20H28N2O3S/c1-5-11-25-17-10-9-15(13-18(17)24-6-2)20(23)21-14-16(22(3)4)19-8-7-12-26-19/h7-10,12-13,16H,5-6,11,14H2,1-4H3,(H,21,23). The van der Waals surface area contributed by atoms with Crippen molar-refractivity contribution < 1.29 is 14.3 Å². The molecule has 1 amide bonds. The summed E-state index contributed by atoms with van der Waals surface area (Å²) in [5.74, 6) is 1.17. The van der Waals surface area contributed by atoms with Gasteiger partial charge in [-0.1, -0.05) is 13.0 Å². The zero-order valence-corrected chi connectivity index (χ0v) is 16.8. The largest absolute Gasteiger partial charge is 0.490 e. The van der Waals surface area contributed by atoms with Crippen molar-refractivity contribution >= 4 is 17.2 Å². The Morgan fingerprint density at radius 2 is 2.00 bits per heavy atom. The summed E-state index contributed by atoms with van der Waals surface area (Å²) in [6, 6.07) is 9.60. The van der Waals surface area contributed by atoms with Gasteiger partial charge in [-0.2, -0.15) is 0 Å². The monoisotopic (exact) mass is 376 g/mol. The van der Waals surface area contributed by atoms with Crippen molar-refractivity contribution in [3.8, 4) is 11.5 Å². The van der Waals surface area contributed by atoms with Crippen LogP contribution in [0.5, 0.6) is 11.5 Å². The van der Waals surface area contributed by atoms with E-state index in [-0.39, 0.29) is 11.9 Å². The van der Waals surface area contributed by atoms with Crippen molar-refractivity contribution in [1.82, 2.24) is 10.2 Å². The first-order valence-corrected chi connectivity index (χ1v) is 9.82. The van der Waals surface area contributed by atoms with Gasteiger partial charge in [-0.15, -0.1) is 11.3 Å². The smallest absolute Gasteiger partial charge is 0.251 e. The quantitative estimate of drug-likeness (QED) is 0.682. The van der Waals surface area contributed by atoms with Gasteiger partial charge in [0.1, 0.15) is 0 Å². The highest BCUT2D eigenvalue weighted by Gasteiger charge is 2.17. The molecule has 0 fully saturated rings. The lowest BCUT2D eigenvalue weighted by Gasteiger charge is -2.23. The van der Waals surface area contributed by atoms with E-state index in [0.29, 0.717) is 36.8 Å². The number of rotatable bonds is 10. The Balaban J connectivity index is 2.07. The molecule has 2 rings (SSSR count). The number of ether oxygens (including phenoxy) is 2. The summed E-state index contributed by atoms with van der Waals surface area (Å²) in [6.07, 6.45) is 0.919. The average Bonchev–Trinajstić information content (AvgIpc) is 3.15. The summed E-state index contributed by atoms with van der Waals surface area (Å²) < 4.78 is 11.3. The average molecular weight is 377 g/mol. The molecular formula is C20H28N2O3S. The van der Waals surface area contributed by atoms with E-state index >= 15 is 0 Å². The first-order valence-electron chi connectivity index (χ1n) is 8.94. The normalized spacial score (nSPS) is 12.0. The molecule has 0 aliphatic heterocycles. The van der Waals surface area contributed by atoms with Gasteiger partial charge in [-0.3, -0.25) is 4.79 Å². The molecule has 1 aromatic carbocycles. The van der Waals surface area contributed by atoms with Gasteiger partial charge in [0, 0.05) is 17.0 Å². The summed E-state index contributed by atoms with van der Waals surface area (Å²) in [5.41, 5.74) is 0.570. The van der Waals surface area contributed by atoms with Crippen molar-refractivity contribution in [2.45, 2.75) is 26.3 Å². The van der Waals surface area contributed by atoms with Gasteiger partial charge >= 0.3 is 0 Å². The molecule has 0 bridgehead atoms. The second-order valence-electron chi connectivity index (χ2n) is 6.15. The lowest BCUT2D eigenvalue weighted by Crippen LogP contribution is -2.34. The zero-order chi connectivity index (χ0) is 18.9. The minimum Gasteiger partial charge on any atom is -0.490 e. The number of nitrogens with zero attached hydrogens (tertiary/aromatic N) is 1. The van der Waals surface area contributed by atoms with E-state index in [0.717, 1.165) is 6.42 Å². The molecule has 2 aromatic rings. The molecule has 5 nitrogen and oxygen atoms in total. The molecule has 6 heteroatoms. The highest BCUT2D eigenvalue weighted by Crippen LogP contribution is 2.29. The third kappa shape index (κ3) is 5.47. The van der Waals surface area contributed by atoms with Crippen LogP contribution in [0.2, 0.25) is 0 Å². The molecule has 0 saturated carbocycles. The molecule has 142 valence electrons. The predicted octanol–water partition coefficient (Wildman–Crippen LogP) is 3.97. The molecule has 26 heavy (non-hydrogen) atoms. The number of benzene rings is 1. The van der Waals surface area contributed by atoms with Gasteiger partial charge in [0.15, 0.2) is 11.5 Å². The second-order valence-corrected chi connectivity index (χ2v) is 7.13. The third-order valence-electron chi connectivity index (χ3n) is 3.92. The van der Waals surface area contributed by atoms with Gasteiger partial charge in [-0.05, 0) is 57.1 Å². The Morgan fingerprint density at radius 3 is 2.62 bits per heavy atom. The van der Waals surface area contributed by atoms with E-state index in [2.05, 4.69) is 28.6 Å². The number of carbonyl (C=O) groups excluding carboxylic acids is 1. The van der Waals surface area contributed by atoms with Crippen LogP contribution in [0.15, 0.2) is 35.7 Å².